The van der Waals surface area contributed by atoms with E-state index in [-0.39, 0.29) is 11.8 Å². The summed E-state index contributed by atoms with van der Waals surface area (Å²) in [6.07, 6.45) is 1.39. The minimum Gasteiger partial charge on any atom is -0.347 e. The van der Waals surface area contributed by atoms with E-state index in [0.717, 1.165) is 5.56 Å². The number of nitrogens with zero attached hydrogens (tertiary/aromatic N) is 2. The molecular formula is C23H26N2O4. The maximum Gasteiger partial charge on any atom is 0.253 e. The van der Waals surface area contributed by atoms with Crippen LogP contribution in [0.4, 0.5) is 0 Å². The molecule has 2 amide bonds. The number of likely N-dealkylation sites (tertiary alicyclic amines) is 1. The smallest absolute Gasteiger partial charge is 0.253 e. The Kier molecular flexibility index (Phi) is 5.65. The second kappa shape index (κ2) is 8.35. The van der Waals surface area contributed by atoms with Gasteiger partial charge in [0.1, 0.15) is 0 Å². The standard InChI is InChI=1S/C23H26N2O4/c1-24(17-18-5-3-2-4-6-18)21(26)19-7-9-20(10-8-19)22(27)25-13-11-23(12-14-25)28-15-16-29-23/h2-10H,11-17H2,1H3. The van der Waals surface area contributed by atoms with Crippen molar-refractivity contribution < 1.29 is 19.1 Å². The van der Waals surface area contributed by atoms with Crippen LogP contribution in [0.1, 0.15) is 39.1 Å². The van der Waals surface area contributed by atoms with Crippen LogP contribution in [0.15, 0.2) is 54.6 Å². The van der Waals surface area contributed by atoms with Crippen molar-refractivity contribution in [2.24, 2.45) is 0 Å². The van der Waals surface area contributed by atoms with Crippen LogP contribution in [0.2, 0.25) is 0 Å². The van der Waals surface area contributed by atoms with Crippen LogP contribution in [-0.4, -0.2) is 60.8 Å². The molecule has 0 aliphatic carbocycles. The molecule has 0 atom stereocenters. The molecule has 29 heavy (non-hydrogen) atoms. The predicted octanol–water partition coefficient (Wildman–Crippen LogP) is 2.94. The summed E-state index contributed by atoms with van der Waals surface area (Å²) in [7, 11) is 1.78. The summed E-state index contributed by atoms with van der Waals surface area (Å²) in [6.45, 7) is 3.02. The lowest BCUT2D eigenvalue weighted by Gasteiger charge is -2.37. The first-order chi connectivity index (χ1) is 14.1. The molecule has 152 valence electrons. The molecule has 0 bridgehead atoms. The van der Waals surface area contributed by atoms with Crippen molar-refractivity contribution >= 4 is 11.8 Å². The lowest BCUT2D eigenvalue weighted by molar-refractivity contribution is -0.181. The Morgan fingerprint density at radius 1 is 0.931 bits per heavy atom. The highest BCUT2D eigenvalue weighted by Gasteiger charge is 2.40. The van der Waals surface area contributed by atoms with E-state index >= 15 is 0 Å². The van der Waals surface area contributed by atoms with Crippen LogP contribution in [0.5, 0.6) is 0 Å². The molecule has 2 aliphatic rings. The molecule has 4 rings (SSSR count). The van der Waals surface area contributed by atoms with E-state index in [0.29, 0.717) is 56.8 Å². The van der Waals surface area contributed by atoms with Gasteiger partial charge in [-0.1, -0.05) is 30.3 Å². The summed E-state index contributed by atoms with van der Waals surface area (Å²) in [5, 5.41) is 0. The van der Waals surface area contributed by atoms with Crippen molar-refractivity contribution in [2.75, 3.05) is 33.4 Å². The molecule has 0 radical (unpaired) electrons. The van der Waals surface area contributed by atoms with Crippen molar-refractivity contribution in [1.29, 1.82) is 0 Å². The number of piperidine rings is 1. The quantitative estimate of drug-likeness (QED) is 0.800. The topological polar surface area (TPSA) is 59.1 Å². The summed E-state index contributed by atoms with van der Waals surface area (Å²) in [5.74, 6) is -0.575. The summed E-state index contributed by atoms with van der Waals surface area (Å²) in [4.78, 5) is 29.0. The Morgan fingerprint density at radius 2 is 1.52 bits per heavy atom. The molecule has 2 heterocycles. The highest BCUT2D eigenvalue weighted by molar-refractivity contribution is 5.97. The molecule has 0 saturated carbocycles. The lowest BCUT2D eigenvalue weighted by atomic mass is 10.0. The van der Waals surface area contributed by atoms with Gasteiger partial charge in [-0.2, -0.15) is 0 Å². The molecule has 2 aromatic rings. The third kappa shape index (κ3) is 4.33. The number of amides is 2. The van der Waals surface area contributed by atoms with Gasteiger partial charge < -0.3 is 19.3 Å². The number of ether oxygens (including phenoxy) is 2. The zero-order valence-corrected chi connectivity index (χ0v) is 16.7. The van der Waals surface area contributed by atoms with E-state index in [4.69, 9.17) is 9.47 Å². The Labute approximate surface area is 171 Å². The van der Waals surface area contributed by atoms with Gasteiger partial charge in [-0.25, -0.2) is 0 Å². The van der Waals surface area contributed by atoms with Gasteiger partial charge >= 0.3 is 0 Å². The molecule has 2 aromatic carbocycles. The van der Waals surface area contributed by atoms with Crippen molar-refractivity contribution in [2.45, 2.75) is 25.2 Å². The van der Waals surface area contributed by atoms with Gasteiger partial charge in [-0.15, -0.1) is 0 Å². The highest BCUT2D eigenvalue weighted by Crippen LogP contribution is 2.31. The molecule has 0 unspecified atom stereocenters. The van der Waals surface area contributed by atoms with Crippen LogP contribution in [0.3, 0.4) is 0 Å². The number of carbonyl (C=O) groups is 2. The Hall–Kier alpha value is -2.70. The first kappa shape index (κ1) is 19.6. The number of hydrogen-bond acceptors (Lipinski definition) is 4. The average molecular weight is 394 g/mol. The minimum absolute atomic E-state index is 0.0190. The fraction of sp³-hybridized carbons (Fsp3) is 0.391. The van der Waals surface area contributed by atoms with Crippen molar-refractivity contribution in [1.82, 2.24) is 9.80 Å². The highest BCUT2D eigenvalue weighted by atomic mass is 16.7. The molecule has 2 saturated heterocycles. The van der Waals surface area contributed by atoms with Gasteiger partial charge in [0.25, 0.3) is 11.8 Å². The Balaban J connectivity index is 1.36. The third-order valence-corrected chi connectivity index (χ3v) is 5.61. The zero-order chi connectivity index (χ0) is 20.3. The molecule has 0 N–H and O–H groups in total. The maximum absolute atomic E-state index is 12.8. The number of hydrogen-bond donors (Lipinski definition) is 0. The molecule has 2 aliphatic heterocycles. The largest absolute Gasteiger partial charge is 0.347 e. The van der Waals surface area contributed by atoms with Gasteiger partial charge in [0, 0.05) is 50.7 Å². The molecule has 6 heteroatoms. The van der Waals surface area contributed by atoms with Crippen LogP contribution >= 0.6 is 0 Å². The summed E-state index contributed by atoms with van der Waals surface area (Å²) in [6, 6.07) is 16.8. The second-order valence-electron chi connectivity index (χ2n) is 7.62. The summed E-state index contributed by atoms with van der Waals surface area (Å²) in [5.41, 5.74) is 2.25. The fourth-order valence-corrected chi connectivity index (χ4v) is 3.92. The monoisotopic (exact) mass is 394 g/mol. The molecule has 6 nitrogen and oxygen atoms in total. The first-order valence-electron chi connectivity index (χ1n) is 10.0. The van der Waals surface area contributed by atoms with Crippen LogP contribution < -0.4 is 0 Å². The average Bonchev–Trinajstić information content (AvgIpc) is 3.22. The van der Waals surface area contributed by atoms with Crippen molar-refractivity contribution in [3.05, 3.63) is 71.3 Å². The maximum atomic E-state index is 12.8. The van der Waals surface area contributed by atoms with Gasteiger partial charge in [-0.3, -0.25) is 9.59 Å². The van der Waals surface area contributed by atoms with Gasteiger partial charge in [0.05, 0.1) is 13.2 Å². The van der Waals surface area contributed by atoms with Crippen LogP contribution in [0.25, 0.3) is 0 Å². The van der Waals surface area contributed by atoms with Gasteiger partial charge in [0.15, 0.2) is 5.79 Å². The zero-order valence-electron chi connectivity index (χ0n) is 16.7. The van der Waals surface area contributed by atoms with Crippen molar-refractivity contribution in [3.63, 3.8) is 0 Å². The number of benzene rings is 2. The van der Waals surface area contributed by atoms with Gasteiger partial charge in [0.2, 0.25) is 0 Å². The van der Waals surface area contributed by atoms with E-state index in [9.17, 15) is 9.59 Å². The minimum atomic E-state index is -0.490. The molecule has 0 aromatic heterocycles. The van der Waals surface area contributed by atoms with Crippen molar-refractivity contribution in [3.8, 4) is 0 Å². The van der Waals surface area contributed by atoms with E-state index in [2.05, 4.69) is 0 Å². The van der Waals surface area contributed by atoms with E-state index in [1.807, 2.05) is 35.2 Å². The first-order valence-corrected chi connectivity index (χ1v) is 10.0. The fourth-order valence-electron chi connectivity index (χ4n) is 3.92. The van der Waals surface area contributed by atoms with Gasteiger partial charge in [-0.05, 0) is 29.8 Å². The van der Waals surface area contributed by atoms with E-state index in [1.165, 1.54) is 0 Å². The third-order valence-electron chi connectivity index (χ3n) is 5.61. The Bertz CT molecular complexity index is 850. The van der Waals surface area contributed by atoms with Crippen LogP contribution in [0, 0.1) is 0 Å². The molecule has 1 spiro atoms. The number of rotatable bonds is 4. The molecular weight excluding hydrogens is 368 g/mol. The SMILES string of the molecule is CN(Cc1ccccc1)C(=O)c1ccc(C(=O)N2CCC3(CC2)OCCO3)cc1. The lowest BCUT2D eigenvalue weighted by Crippen LogP contribution is -2.47. The Morgan fingerprint density at radius 3 is 2.14 bits per heavy atom. The second-order valence-corrected chi connectivity index (χ2v) is 7.62. The summed E-state index contributed by atoms with van der Waals surface area (Å²) >= 11 is 0. The van der Waals surface area contributed by atoms with E-state index in [1.54, 1.807) is 36.2 Å². The normalized spacial score (nSPS) is 18.0. The summed E-state index contributed by atoms with van der Waals surface area (Å²) < 4.78 is 11.4. The molecule has 2 fully saturated rings. The van der Waals surface area contributed by atoms with Crippen LogP contribution in [-0.2, 0) is 16.0 Å². The van der Waals surface area contributed by atoms with E-state index < -0.39 is 5.79 Å². The number of carbonyl (C=O) groups excluding carboxylic acids is 2. The predicted molar refractivity (Wildman–Crippen MR) is 108 cm³/mol.